The normalized spacial score (nSPS) is 9.86. The Labute approximate surface area is 125 Å². The van der Waals surface area contributed by atoms with Gasteiger partial charge in [-0.05, 0) is 24.3 Å². The molecule has 0 atom stereocenters. The number of non-ortho nitro benzene ring substituents is 1. The molecular formula is C15H11NO6. The number of benzene rings is 2. The smallest absolute Gasteiger partial charge is 0.344 e. The number of nitro benzene ring substituents is 1. The molecule has 0 aliphatic rings. The van der Waals surface area contributed by atoms with Crippen molar-refractivity contribution in [3.8, 4) is 5.75 Å². The molecule has 2 aromatic rings. The molecule has 0 heterocycles. The minimum Gasteiger partial charge on any atom is -0.465 e. The van der Waals surface area contributed by atoms with E-state index in [4.69, 9.17) is 4.74 Å². The summed E-state index contributed by atoms with van der Waals surface area (Å²) in [5, 5.41) is 10.6. The van der Waals surface area contributed by atoms with Crippen LogP contribution in [0.1, 0.15) is 20.7 Å². The zero-order valence-electron chi connectivity index (χ0n) is 11.5. The summed E-state index contributed by atoms with van der Waals surface area (Å²) >= 11 is 0. The number of hydrogen-bond acceptors (Lipinski definition) is 6. The molecular weight excluding hydrogens is 290 g/mol. The summed E-state index contributed by atoms with van der Waals surface area (Å²) in [5.74, 6) is -1.28. The van der Waals surface area contributed by atoms with Crippen LogP contribution in [0, 0.1) is 10.1 Å². The van der Waals surface area contributed by atoms with Gasteiger partial charge in [0.05, 0.1) is 23.2 Å². The molecule has 0 amide bonds. The van der Waals surface area contributed by atoms with Gasteiger partial charge < -0.3 is 9.47 Å². The summed E-state index contributed by atoms with van der Waals surface area (Å²) in [6.45, 7) is 0. The van der Waals surface area contributed by atoms with Crippen LogP contribution in [-0.2, 0) is 4.74 Å². The molecule has 0 spiro atoms. The van der Waals surface area contributed by atoms with E-state index in [2.05, 4.69) is 4.74 Å². The van der Waals surface area contributed by atoms with E-state index >= 15 is 0 Å². The van der Waals surface area contributed by atoms with E-state index in [1.54, 1.807) is 12.1 Å². The number of nitrogens with zero attached hydrogens (tertiary/aromatic N) is 1. The summed E-state index contributed by atoms with van der Waals surface area (Å²) in [4.78, 5) is 33.7. The fourth-order valence-corrected chi connectivity index (χ4v) is 1.75. The molecule has 2 aromatic carbocycles. The Balaban J connectivity index is 2.22. The molecule has 0 saturated heterocycles. The molecule has 2 rings (SSSR count). The molecule has 0 radical (unpaired) electrons. The van der Waals surface area contributed by atoms with E-state index < -0.39 is 16.9 Å². The lowest BCUT2D eigenvalue weighted by atomic mass is 10.1. The molecule has 0 aromatic heterocycles. The van der Waals surface area contributed by atoms with Crippen LogP contribution < -0.4 is 4.74 Å². The Morgan fingerprint density at radius 1 is 0.955 bits per heavy atom. The lowest BCUT2D eigenvalue weighted by molar-refractivity contribution is -0.384. The van der Waals surface area contributed by atoms with Gasteiger partial charge in [-0.25, -0.2) is 9.59 Å². The van der Waals surface area contributed by atoms with Crippen molar-refractivity contribution in [1.29, 1.82) is 0 Å². The van der Waals surface area contributed by atoms with Gasteiger partial charge >= 0.3 is 11.9 Å². The molecule has 0 aliphatic carbocycles. The van der Waals surface area contributed by atoms with Crippen molar-refractivity contribution in [2.45, 2.75) is 0 Å². The van der Waals surface area contributed by atoms with Crippen LogP contribution in [0.4, 0.5) is 5.69 Å². The highest BCUT2D eigenvalue weighted by atomic mass is 16.6. The summed E-state index contributed by atoms with van der Waals surface area (Å²) < 4.78 is 9.70. The zero-order valence-corrected chi connectivity index (χ0v) is 11.5. The molecule has 0 unspecified atom stereocenters. The Morgan fingerprint density at radius 3 is 2.00 bits per heavy atom. The van der Waals surface area contributed by atoms with E-state index in [1.165, 1.54) is 43.5 Å². The quantitative estimate of drug-likeness (QED) is 0.373. The SMILES string of the molecule is COC(=O)c1ccccc1C(=O)Oc1ccc([N+](=O)[O-])cc1. The highest BCUT2D eigenvalue weighted by Gasteiger charge is 2.19. The lowest BCUT2D eigenvalue weighted by Gasteiger charge is -2.07. The van der Waals surface area contributed by atoms with Gasteiger partial charge in [-0.2, -0.15) is 0 Å². The van der Waals surface area contributed by atoms with E-state index in [1.807, 2.05) is 0 Å². The third kappa shape index (κ3) is 3.26. The summed E-state index contributed by atoms with van der Waals surface area (Å²) in [6.07, 6.45) is 0. The number of rotatable bonds is 4. The number of carbonyl (C=O) groups excluding carboxylic acids is 2. The Kier molecular flexibility index (Phi) is 4.47. The first-order valence-corrected chi connectivity index (χ1v) is 6.17. The van der Waals surface area contributed by atoms with E-state index in [-0.39, 0.29) is 22.6 Å². The van der Waals surface area contributed by atoms with Crippen molar-refractivity contribution >= 4 is 17.6 Å². The van der Waals surface area contributed by atoms with Crippen molar-refractivity contribution in [1.82, 2.24) is 0 Å². The maximum Gasteiger partial charge on any atom is 0.344 e. The second-order valence-electron chi connectivity index (χ2n) is 4.18. The van der Waals surface area contributed by atoms with Crippen LogP contribution in [0.3, 0.4) is 0 Å². The highest BCUT2D eigenvalue weighted by Crippen LogP contribution is 2.19. The first-order valence-electron chi connectivity index (χ1n) is 6.17. The number of hydrogen-bond donors (Lipinski definition) is 0. The second kappa shape index (κ2) is 6.49. The van der Waals surface area contributed by atoms with Crippen LogP contribution in [0.15, 0.2) is 48.5 Å². The minimum atomic E-state index is -0.755. The van der Waals surface area contributed by atoms with Crippen molar-refractivity contribution in [2.75, 3.05) is 7.11 Å². The first kappa shape index (κ1) is 15.2. The van der Waals surface area contributed by atoms with Crippen LogP contribution in [0.5, 0.6) is 5.75 Å². The number of carbonyl (C=O) groups is 2. The molecule has 7 nitrogen and oxygen atoms in total. The number of esters is 2. The van der Waals surface area contributed by atoms with Gasteiger partial charge in [-0.3, -0.25) is 10.1 Å². The average Bonchev–Trinajstić information content (AvgIpc) is 2.54. The molecule has 0 aliphatic heterocycles. The van der Waals surface area contributed by atoms with Crippen molar-refractivity contribution in [3.63, 3.8) is 0 Å². The van der Waals surface area contributed by atoms with Crippen molar-refractivity contribution < 1.29 is 24.0 Å². The zero-order chi connectivity index (χ0) is 16.1. The molecule has 7 heteroatoms. The van der Waals surface area contributed by atoms with Gasteiger partial charge in [-0.15, -0.1) is 0 Å². The molecule has 0 saturated carbocycles. The fraction of sp³-hybridized carbons (Fsp3) is 0.0667. The van der Waals surface area contributed by atoms with Gasteiger partial charge in [0.25, 0.3) is 5.69 Å². The summed E-state index contributed by atoms with van der Waals surface area (Å²) in [6, 6.07) is 11.1. The van der Waals surface area contributed by atoms with Crippen LogP contribution in [0.25, 0.3) is 0 Å². The molecule has 22 heavy (non-hydrogen) atoms. The Morgan fingerprint density at radius 2 is 1.50 bits per heavy atom. The Hall–Kier alpha value is -3.22. The van der Waals surface area contributed by atoms with Gasteiger partial charge in [0, 0.05) is 12.1 Å². The van der Waals surface area contributed by atoms with Crippen LogP contribution >= 0.6 is 0 Å². The van der Waals surface area contributed by atoms with Crippen LogP contribution in [0.2, 0.25) is 0 Å². The third-order valence-electron chi connectivity index (χ3n) is 2.81. The molecule has 0 bridgehead atoms. The van der Waals surface area contributed by atoms with E-state index in [9.17, 15) is 19.7 Å². The number of methoxy groups -OCH3 is 1. The fourth-order valence-electron chi connectivity index (χ4n) is 1.75. The van der Waals surface area contributed by atoms with E-state index in [0.717, 1.165) is 0 Å². The van der Waals surface area contributed by atoms with Crippen molar-refractivity contribution in [3.05, 3.63) is 69.8 Å². The number of nitro groups is 1. The number of ether oxygens (including phenoxy) is 2. The van der Waals surface area contributed by atoms with Crippen LogP contribution in [-0.4, -0.2) is 24.0 Å². The summed E-state index contributed by atoms with van der Waals surface area (Å²) in [5.41, 5.74) is 0.0133. The highest BCUT2D eigenvalue weighted by molar-refractivity contribution is 6.03. The third-order valence-corrected chi connectivity index (χ3v) is 2.81. The van der Waals surface area contributed by atoms with Gasteiger partial charge in [-0.1, -0.05) is 12.1 Å². The summed E-state index contributed by atoms with van der Waals surface area (Å²) in [7, 11) is 1.21. The largest absolute Gasteiger partial charge is 0.465 e. The maximum absolute atomic E-state index is 12.1. The predicted molar refractivity (Wildman–Crippen MR) is 75.8 cm³/mol. The lowest BCUT2D eigenvalue weighted by Crippen LogP contribution is -2.15. The average molecular weight is 301 g/mol. The topological polar surface area (TPSA) is 95.7 Å². The standard InChI is InChI=1S/C15H11NO6/c1-21-14(17)12-4-2-3-5-13(12)15(18)22-11-8-6-10(7-9-11)16(19)20/h2-9H,1H3. The predicted octanol–water partition coefficient (Wildman–Crippen LogP) is 2.60. The monoisotopic (exact) mass is 301 g/mol. The second-order valence-corrected chi connectivity index (χ2v) is 4.18. The molecule has 0 N–H and O–H groups in total. The maximum atomic E-state index is 12.1. The minimum absolute atomic E-state index is 0.0488. The van der Waals surface area contributed by atoms with Gasteiger partial charge in [0.2, 0.25) is 0 Å². The molecule has 0 fully saturated rings. The van der Waals surface area contributed by atoms with Crippen molar-refractivity contribution in [2.24, 2.45) is 0 Å². The van der Waals surface area contributed by atoms with Gasteiger partial charge in [0.15, 0.2) is 0 Å². The Bertz CT molecular complexity index is 723. The van der Waals surface area contributed by atoms with Gasteiger partial charge in [0.1, 0.15) is 5.75 Å². The van der Waals surface area contributed by atoms with E-state index in [0.29, 0.717) is 0 Å². The molecule has 112 valence electrons. The first-order chi connectivity index (χ1) is 10.5.